The molecule has 0 aliphatic heterocycles. The Hall–Kier alpha value is -3.02. The summed E-state index contributed by atoms with van der Waals surface area (Å²) in [5.74, 6) is -0.0863. The summed E-state index contributed by atoms with van der Waals surface area (Å²) in [6.07, 6.45) is 0. The van der Waals surface area contributed by atoms with Gasteiger partial charge in [-0.25, -0.2) is 4.79 Å². The summed E-state index contributed by atoms with van der Waals surface area (Å²) < 4.78 is 15.4. The molecule has 0 fully saturated rings. The van der Waals surface area contributed by atoms with Crippen molar-refractivity contribution in [1.29, 1.82) is 0 Å². The van der Waals surface area contributed by atoms with Crippen LogP contribution in [0.2, 0.25) is 0 Å². The molecule has 0 saturated carbocycles. The van der Waals surface area contributed by atoms with Crippen molar-refractivity contribution in [2.75, 3.05) is 26.1 Å². The number of amides is 1. The Balaban J connectivity index is 2.00. The molecular formula is C20H23NO5. The lowest BCUT2D eigenvalue weighted by Crippen LogP contribution is -2.22. The molecule has 26 heavy (non-hydrogen) atoms. The molecule has 1 N–H and O–H groups in total. The normalized spacial score (nSPS) is 10.2. The fraction of sp³-hybridized carbons (Fsp3) is 0.300. The Morgan fingerprint density at radius 1 is 0.923 bits per heavy atom. The van der Waals surface area contributed by atoms with Crippen molar-refractivity contribution in [2.45, 2.75) is 20.8 Å². The molecule has 2 rings (SSSR count). The summed E-state index contributed by atoms with van der Waals surface area (Å²) in [6.45, 7) is 5.47. The number of hydrogen-bond acceptors (Lipinski definition) is 5. The molecule has 0 unspecified atom stereocenters. The van der Waals surface area contributed by atoms with Crippen LogP contribution in [0.3, 0.4) is 0 Å². The molecule has 6 heteroatoms. The number of methoxy groups -OCH3 is 2. The molecule has 1 amide bonds. The standard InChI is InChI=1S/C20H23NO5/c1-12-8-13(2)19(14(3)9-12)21-18(22)11-26-20(23)15-6-7-16(24-4)17(10-15)25-5/h6-10H,11H2,1-5H3,(H,21,22). The molecule has 0 aliphatic rings. The predicted molar refractivity (Wildman–Crippen MR) is 99.1 cm³/mol. The minimum absolute atomic E-state index is 0.276. The smallest absolute Gasteiger partial charge is 0.338 e. The van der Waals surface area contributed by atoms with Gasteiger partial charge in [0, 0.05) is 5.69 Å². The third-order valence-corrected chi connectivity index (χ3v) is 3.90. The fourth-order valence-electron chi connectivity index (χ4n) is 2.73. The van der Waals surface area contributed by atoms with Crippen LogP contribution in [0.15, 0.2) is 30.3 Å². The van der Waals surface area contributed by atoms with Gasteiger partial charge in [-0.1, -0.05) is 17.7 Å². The van der Waals surface area contributed by atoms with Crippen molar-refractivity contribution in [2.24, 2.45) is 0 Å². The van der Waals surface area contributed by atoms with Gasteiger partial charge < -0.3 is 19.5 Å². The number of esters is 1. The fourth-order valence-corrected chi connectivity index (χ4v) is 2.73. The van der Waals surface area contributed by atoms with Gasteiger partial charge in [0.15, 0.2) is 18.1 Å². The first kappa shape index (κ1) is 19.3. The van der Waals surface area contributed by atoms with Crippen LogP contribution in [0.1, 0.15) is 27.0 Å². The van der Waals surface area contributed by atoms with Gasteiger partial charge in [-0.2, -0.15) is 0 Å². The van der Waals surface area contributed by atoms with Crippen molar-refractivity contribution in [3.8, 4) is 11.5 Å². The monoisotopic (exact) mass is 357 g/mol. The van der Waals surface area contributed by atoms with Gasteiger partial charge in [0.2, 0.25) is 0 Å². The van der Waals surface area contributed by atoms with Crippen LogP contribution in [0.4, 0.5) is 5.69 Å². The molecule has 138 valence electrons. The van der Waals surface area contributed by atoms with Gasteiger partial charge in [-0.15, -0.1) is 0 Å². The molecule has 0 bridgehead atoms. The van der Waals surface area contributed by atoms with Gasteiger partial charge in [0.05, 0.1) is 19.8 Å². The lowest BCUT2D eigenvalue weighted by molar-refractivity contribution is -0.119. The van der Waals surface area contributed by atoms with Gasteiger partial charge >= 0.3 is 5.97 Å². The quantitative estimate of drug-likeness (QED) is 0.802. The average molecular weight is 357 g/mol. The van der Waals surface area contributed by atoms with Crippen molar-refractivity contribution >= 4 is 17.6 Å². The Morgan fingerprint density at radius 2 is 1.54 bits per heavy atom. The van der Waals surface area contributed by atoms with Crippen molar-refractivity contribution < 1.29 is 23.8 Å². The zero-order valence-electron chi connectivity index (χ0n) is 15.6. The van der Waals surface area contributed by atoms with Crippen LogP contribution in [0.5, 0.6) is 11.5 Å². The minimum Gasteiger partial charge on any atom is -0.493 e. The number of anilines is 1. The Morgan fingerprint density at radius 3 is 2.12 bits per heavy atom. The molecule has 0 radical (unpaired) electrons. The number of hydrogen-bond donors (Lipinski definition) is 1. The van der Waals surface area contributed by atoms with Gasteiger partial charge in [-0.05, 0) is 50.1 Å². The molecule has 6 nitrogen and oxygen atoms in total. The topological polar surface area (TPSA) is 73.9 Å². The highest BCUT2D eigenvalue weighted by atomic mass is 16.5. The maximum absolute atomic E-state index is 12.1. The average Bonchev–Trinajstić information content (AvgIpc) is 2.61. The largest absolute Gasteiger partial charge is 0.493 e. The molecule has 0 atom stereocenters. The first-order valence-corrected chi connectivity index (χ1v) is 8.12. The first-order valence-electron chi connectivity index (χ1n) is 8.12. The molecule has 2 aromatic rings. The predicted octanol–water partition coefficient (Wildman–Crippen LogP) is 3.42. The van der Waals surface area contributed by atoms with E-state index in [1.807, 2.05) is 32.9 Å². The zero-order valence-corrected chi connectivity index (χ0v) is 15.6. The summed E-state index contributed by atoms with van der Waals surface area (Å²) in [5.41, 5.74) is 4.06. The van der Waals surface area contributed by atoms with Crippen LogP contribution in [0, 0.1) is 20.8 Å². The van der Waals surface area contributed by atoms with E-state index in [1.54, 1.807) is 12.1 Å². The van der Waals surface area contributed by atoms with Crippen LogP contribution in [-0.2, 0) is 9.53 Å². The van der Waals surface area contributed by atoms with Crippen molar-refractivity contribution in [3.05, 3.63) is 52.6 Å². The third-order valence-electron chi connectivity index (χ3n) is 3.90. The number of ether oxygens (including phenoxy) is 3. The molecule has 0 heterocycles. The van der Waals surface area contributed by atoms with Crippen LogP contribution >= 0.6 is 0 Å². The first-order chi connectivity index (χ1) is 12.3. The lowest BCUT2D eigenvalue weighted by atomic mass is 10.1. The van der Waals surface area contributed by atoms with E-state index < -0.39 is 11.9 Å². The summed E-state index contributed by atoms with van der Waals surface area (Å²) in [4.78, 5) is 24.3. The second kappa shape index (κ2) is 8.38. The van der Waals surface area contributed by atoms with E-state index in [0.29, 0.717) is 11.5 Å². The number of carbonyl (C=O) groups is 2. The molecule has 0 aromatic heterocycles. The Labute approximate surface area is 153 Å². The van der Waals surface area contributed by atoms with E-state index in [0.717, 1.165) is 22.4 Å². The molecule has 0 saturated heterocycles. The molecule has 0 aliphatic carbocycles. The summed E-state index contributed by atoms with van der Waals surface area (Å²) >= 11 is 0. The molecular weight excluding hydrogens is 334 g/mol. The van der Waals surface area contributed by atoms with Crippen LogP contribution < -0.4 is 14.8 Å². The van der Waals surface area contributed by atoms with E-state index in [1.165, 1.54) is 20.3 Å². The number of benzene rings is 2. The number of nitrogens with one attached hydrogen (secondary N) is 1. The van der Waals surface area contributed by atoms with E-state index >= 15 is 0 Å². The van der Waals surface area contributed by atoms with Crippen molar-refractivity contribution in [3.63, 3.8) is 0 Å². The second-order valence-corrected chi connectivity index (χ2v) is 5.97. The number of rotatable bonds is 6. The summed E-state index contributed by atoms with van der Waals surface area (Å²) in [5, 5.41) is 2.79. The highest BCUT2D eigenvalue weighted by molar-refractivity contribution is 5.96. The SMILES string of the molecule is COc1ccc(C(=O)OCC(=O)Nc2c(C)cc(C)cc2C)cc1OC. The number of carbonyl (C=O) groups excluding carboxylic acids is 2. The second-order valence-electron chi connectivity index (χ2n) is 5.97. The molecule has 2 aromatic carbocycles. The van der Waals surface area contributed by atoms with Gasteiger partial charge in [-0.3, -0.25) is 4.79 Å². The van der Waals surface area contributed by atoms with E-state index in [2.05, 4.69) is 5.32 Å². The van der Waals surface area contributed by atoms with Gasteiger partial charge in [0.1, 0.15) is 0 Å². The maximum Gasteiger partial charge on any atom is 0.338 e. The van der Waals surface area contributed by atoms with E-state index in [-0.39, 0.29) is 12.2 Å². The minimum atomic E-state index is -0.613. The molecule has 0 spiro atoms. The highest BCUT2D eigenvalue weighted by Gasteiger charge is 2.15. The van der Waals surface area contributed by atoms with E-state index in [4.69, 9.17) is 14.2 Å². The summed E-state index contributed by atoms with van der Waals surface area (Å²) in [6, 6.07) is 8.63. The highest BCUT2D eigenvalue weighted by Crippen LogP contribution is 2.27. The van der Waals surface area contributed by atoms with Gasteiger partial charge in [0.25, 0.3) is 5.91 Å². The summed E-state index contributed by atoms with van der Waals surface area (Å²) in [7, 11) is 2.99. The Bertz CT molecular complexity index is 806. The number of aryl methyl sites for hydroxylation is 3. The van der Waals surface area contributed by atoms with Crippen LogP contribution in [-0.4, -0.2) is 32.7 Å². The lowest BCUT2D eigenvalue weighted by Gasteiger charge is -2.13. The van der Waals surface area contributed by atoms with Crippen molar-refractivity contribution in [1.82, 2.24) is 0 Å². The van der Waals surface area contributed by atoms with E-state index in [9.17, 15) is 9.59 Å². The Kier molecular flexibility index (Phi) is 6.22. The zero-order chi connectivity index (χ0) is 19.3. The van der Waals surface area contributed by atoms with Crippen LogP contribution in [0.25, 0.3) is 0 Å². The third kappa shape index (κ3) is 4.53. The maximum atomic E-state index is 12.1.